The Morgan fingerprint density at radius 3 is 2.71 bits per heavy atom. The van der Waals surface area contributed by atoms with Crippen molar-refractivity contribution in [2.24, 2.45) is 13.0 Å². The number of aliphatic hydroxyl groups is 1. The maximum atomic E-state index is 12.0. The van der Waals surface area contributed by atoms with Gasteiger partial charge in [0.2, 0.25) is 5.91 Å². The van der Waals surface area contributed by atoms with Crippen LogP contribution in [0.1, 0.15) is 31.4 Å². The Morgan fingerprint density at radius 2 is 2.24 bits per heavy atom. The van der Waals surface area contributed by atoms with E-state index in [1.807, 2.05) is 0 Å². The molecule has 0 aromatic carbocycles. The Bertz CT molecular complexity index is 605. The number of nitrogens with one attached hydrogen (secondary N) is 1. The number of amides is 1. The minimum absolute atomic E-state index is 0.0554. The molecule has 118 valence electrons. The minimum atomic E-state index is -3.35. The van der Waals surface area contributed by atoms with E-state index in [2.05, 4.69) is 10.4 Å². The number of aromatic nitrogens is 2. The Balaban J connectivity index is 2.08. The number of aliphatic hydroxyl groups excluding tert-OH is 1. The molecule has 8 heteroatoms. The van der Waals surface area contributed by atoms with Crippen LogP contribution >= 0.6 is 0 Å². The van der Waals surface area contributed by atoms with Crippen LogP contribution in [0.25, 0.3) is 0 Å². The van der Waals surface area contributed by atoms with Crippen molar-refractivity contribution in [2.45, 2.75) is 31.9 Å². The molecule has 0 saturated heterocycles. The van der Waals surface area contributed by atoms with Crippen molar-refractivity contribution in [1.82, 2.24) is 15.1 Å². The predicted molar refractivity (Wildman–Crippen MR) is 77.2 cm³/mol. The number of rotatable bonds is 6. The van der Waals surface area contributed by atoms with Gasteiger partial charge in [0, 0.05) is 24.6 Å². The molecule has 1 aliphatic rings. The van der Waals surface area contributed by atoms with E-state index >= 15 is 0 Å². The minimum Gasteiger partial charge on any atom is -0.393 e. The van der Waals surface area contributed by atoms with E-state index in [4.69, 9.17) is 0 Å². The Morgan fingerprint density at radius 1 is 1.57 bits per heavy atom. The molecule has 1 amide bonds. The van der Waals surface area contributed by atoms with Gasteiger partial charge in [-0.3, -0.25) is 9.48 Å². The molecule has 1 fully saturated rings. The van der Waals surface area contributed by atoms with Crippen molar-refractivity contribution in [3.8, 4) is 0 Å². The summed E-state index contributed by atoms with van der Waals surface area (Å²) in [6, 6.07) is -0.304. The molecule has 1 aliphatic carbocycles. The van der Waals surface area contributed by atoms with Gasteiger partial charge in [0.25, 0.3) is 0 Å². The number of aryl methyl sites for hydroxylation is 1. The van der Waals surface area contributed by atoms with Crippen LogP contribution in [0.2, 0.25) is 0 Å². The van der Waals surface area contributed by atoms with Crippen molar-refractivity contribution in [3.63, 3.8) is 0 Å². The van der Waals surface area contributed by atoms with Crippen LogP contribution in [-0.4, -0.2) is 46.8 Å². The van der Waals surface area contributed by atoms with Gasteiger partial charge >= 0.3 is 0 Å². The van der Waals surface area contributed by atoms with Gasteiger partial charge < -0.3 is 10.4 Å². The maximum absolute atomic E-state index is 12.0. The molecular weight excluding hydrogens is 294 g/mol. The first-order chi connectivity index (χ1) is 9.80. The zero-order valence-corrected chi connectivity index (χ0v) is 13.0. The molecule has 0 spiro atoms. The standard InChI is InChI=1S/C13H21N3O4S/c1-3-21(19,20)8-12(18)15-13(9-4-11(17)5-9)10-6-14-16(2)7-10/h6-7,9,11,13,17H,3-5,8H2,1-2H3,(H,15,18)/t9?,11?,13-/m1/s1. The number of nitrogens with zero attached hydrogens (tertiary/aromatic N) is 2. The van der Waals surface area contributed by atoms with Crippen LogP contribution in [0.4, 0.5) is 0 Å². The highest BCUT2D eigenvalue weighted by molar-refractivity contribution is 7.92. The first-order valence-electron chi connectivity index (χ1n) is 6.97. The molecule has 21 heavy (non-hydrogen) atoms. The van der Waals surface area contributed by atoms with Crippen molar-refractivity contribution in [3.05, 3.63) is 18.0 Å². The number of sulfone groups is 1. The number of hydrogen-bond donors (Lipinski definition) is 2. The van der Waals surface area contributed by atoms with E-state index in [0.29, 0.717) is 12.8 Å². The summed E-state index contributed by atoms with van der Waals surface area (Å²) in [4.78, 5) is 12.0. The van der Waals surface area contributed by atoms with Gasteiger partial charge in [0.1, 0.15) is 5.75 Å². The summed E-state index contributed by atoms with van der Waals surface area (Å²) in [5.74, 6) is -0.958. The van der Waals surface area contributed by atoms with Gasteiger partial charge in [-0.2, -0.15) is 5.10 Å². The summed E-state index contributed by atoms with van der Waals surface area (Å²) < 4.78 is 24.7. The highest BCUT2D eigenvalue weighted by Crippen LogP contribution is 2.37. The molecule has 2 N–H and O–H groups in total. The van der Waals surface area contributed by atoms with E-state index in [0.717, 1.165) is 5.56 Å². The fourth-order valence-electron chi connectivity index (χ4n) is 2.49. The Kier molecular flexibility index (Phi) is 4.67. The van der Waals surface area contributed by atoms with Gasteiger partial charge in [-0.05, 0) is 18.8 Å². The molecule has 0 bridgehead atoms. The highest BCUT2D eigenvalue weighted by atomic mass is 32.2. The van der Waals surface area contributed by atoms with Gasteiger partial charge in [-0.25, -0.2) is 8.42 Å². The third-order valence-corrected chi connectivity index (χ3v) is 5.39. The number of hydrogen-bond acceptors (Lipinski definition) is 5. The Labute approximate surface area is 124 Å². The second kappa shape index (κ2) is 6.15. The van der Waals surface area contributed by atoms with Crippen molar-refractivity contribution in [2.75, 3.05) is 11.5 Å². The van der Waals surface area contributed by atoms with Gasteiger partial charge in [-0.15, -0.1) is 0 Å². The molecule has 0 unspecified atom stereocenters. The summed E-state index contributed by atoms with van der Waals surface area (Å²) >= 11 is 0. The van der Waals surface area contributed by atoms with Crippen LogP contribution in [0.15, 0.2) is 12.4 Å². The quantitative estimate of drug-likeness (QED) is 0.756. The molecular formula is C13H21N3O4S. The lowest BCUT2D eigenvalue weighted by atomic mass is 9.75. The average Bonchev–Trinajstić information content (AvgIpc) is 2.78. The lowest BCUT2D eigenvalue weighted by molar-refractivity contribution is -0.120. The third-order valence-electron chi connectivity index (χ3n) is 3.81. The number of carbonyl (C=O) groups excluding carboxylic acids is 1. The first-order valence-corrected chi connectivity index (χ1v) is 8.79. The van der Waals surface area contributed by atoms with Crippen LogP contribution in [0, 0.1) is 5.92 Å². The molecule has 1 aromatic rings. The Hall–Kier alpha value is -1.41. The van der Waals surface area contributed by atoms with E-state index in [9.17, 15) is 18.3 Å². The SMILES string of the molecule is CCS(=O)(=O)CC(=O)N[C@@H](c1cnn(C)c1)C1CC(O)C1. The highest BCUT2D eigenvalue weighted by Gasteiger charge is 2.36. The largest absolute Gasteiger partial charge is 0.393 e. The number of carbonyl (C=O) groups is 1. The lowest BCUT2D eigenvalue weighted by Crippen LogP contribution is -2.43. The van der Waals surface area contributed by atoms with Gasteiger partial charge in [0.15, 0.2) is 9.84 Å². The molecule has 2 rings (SSSR count). The molecule has 7 nitrogen and oxygen atoms in total. The van der Waals surface area contributed by atoms with Crippen LogP contribution in [0.5, 0.6) is 0 Å². The second-order valence-corrected chi connectivity index (χ2v) is 7.91. The zero-order chi connectivity index (χ0) is 15.6. The smallest absolute Gasteiger partial charge is 0.235 e. The maximum Gasteiger partial charge on any atom is 0.235 e. The van der Waals surface area contributed by atoms with Crippen LogP contribution in [-0.2, 0) is 21.7 Å². The summed E-state index contributed by atoms with van der Waals surface area (Å²) in [5.41, 5.74) is 0.830. The van der Waals surface area contributed by atoms with E-state index in [-0.39, 0.29) is 23.8 Å². The molecule has 1 atom stereocenters. The fourth-order valence-corrected chi connectivity index (χ4v) is 3.18. The van der Waals surface area contributed by atoms with Crippen molar-refractivity contribution < 1.29 is 18.3 Å². The molecule has 0 aliphatic heterocycles. The fraction of sp³-hybridized carbons (Fsp3) is 0.692. The summed E-state index contributed by atoms with van der Waals surface area (Å²) in [6.45, 7) is 1.52. The lowest BCUT2D eigenvalue weighted by Gasteiger charge is -2.37. The normalized spacial score (nSPS) is 23.4. The predicted octanol–water partition coefficient (Wildman–Crippen LogP) is -0.217. The summed E-state index contributed by atoms with van der Waals surface area (Å²) in [5, 5.41) is 16.3. The van der Waals surface area contributed by atoms with E-state index in [1.165, 1.54) is 6.92 Å². The molecule has 1 saturated carbocycles. The van der Waals surface area contributed by atoms with E-state index < -0.39 is 21.5 Å². The van der Waals surface area contributed by atoms with Crippen molar-refractivity contribution >= 4 is 15.7 Å². The monoisotopic (exact) mass is 315 g/mol. The van der Waals surface area contributed by atoms with Crippen molar-refractivity contribution in [1.29, 1.82) is 0 Å². The van der Waals surface area contributed by atoms with Gasteiger partial charge in [0.05, 0.1) is 18.3 Å². The van der Waals surface area contributed by atoms with Gasteiger partial charge in [-0.1, -0.05) is 6.92 Å². The second-order valence-electron chi connectivity index (χ2n) is 5.55. The summed E-state index contributed by atoms with van der Waals surface area (Å²) in [6.07, 6.45) is 4.31. The topological polar surface area (TPSA) is 101 Å². The third kappa shape index (κ3) is 4.04. The molecule has 1 aromatic heterocycles. The average molecular weight is 315 g/mol. The summed E-state index contributed by atoms with van der Waals surface area (Å²) in [7, 11) is -1.57. The first kappa shape index (κ1) is 16.0. The van der Waals surface area contributed by atoms with Crippen LogP contribution in [0.3, 0.4) is 0 Å². The molecule has 1 heterocycles. The van der Waals surface area contributed by atoms with E-state index in [1.54, 1.807) is 24.1 Å². The molecule has 0 radical (unpaired) electrons. The van der Waals surface area contributed by atoms with Crippen LogP contribution < -0.4 is 5.32 Å². The zero-order valence-electron chi connectivity index (χ0n) is 12.2.